The first-order valence-electron chi connectivity index (χ1n) is 6.65. The molecule has 0 aliphatic carbocycles. The molecule has 0 saturated carbocycles. The Morgan fingerprint density at radius 3 is 3.11 bits per heavy atom. The van der Waals surface area contributed by atoms with Crippen LogP contribution in [0.15, 0.2) is 12.3 Å². The van der Waals surface area contributed by atoms with Crippen molar-refractivity contribution in [3.63, 3.8) is 0 Å². The average Bonchev–Trinajstić information content (AvgIpc) is 2.84. The van der Waals surface area contributed by atoms with Gasteiger partial charge >= 0.3 is 0 Å². The summed E-state index contributed by atoms with van der Waals surface area (Å²) in [5.41, 5.74) is 11.7. The van der Waals surface area contributed by atoms with E-state index >= 15 is 0 Å². The molecule has 1 unspecified atom stereocenters. The summed E-state index contributed by atoms with van der Waals surface area (Å²) in [5, 5.41) is 3.22. The van der Waals surface area contributed by atoms with Gasteiger partial charge in [0.25, 0.3) is 5.91 Å². The van der Waals surface area contributed by atoms with E-state index in [0.717, 1.165) is 19.6 Å². The van der Waals surface area contributed by atoms with Crippen LogP contribution in [0.3, 0.4) is 0 Å². The molecule has 1 aromatic heterocycles. The zero-order valence-corrected chi connectivity index (χ0v) is 11.2. The summed E-state index contributed by atoms with van der Waals surface area (Å²) in [7, 11) is 0. The zero-order chi connectivity index (χ0) is 13.8. The lowest BCUT2D eigenvalue weighted by atomic mass is 10.2. The molecular formula is C13H21N5O. The normalized spacial score (nSPS) is 19.5. The van der Waals surface area contributed by atoms with Gasteiger partial charge < -0.3 is 16.8 Å². The van der Waals surface area contributed by atoms with Crippen molar-refractivity contribution >= 4 is 17.4 Å². The minimum atomic E-state index is -0.513. The number of carbonyl (C=O) groups is 1. The fourth-order valence-corrected chi connectivity index (χ4v) is 2.57. The molecular weight excluding hydrogens is 242 g/mol. The van der Waals surface area contributed by atoms with E-state index in [-0.39, 0.29) is 0 Å². The number of aromatic nitrogens is 1. The number of likely N-dealkylation sites (N-methyl/N-ethyl adjacent to an activating group) is 1. The Balaban J connectivity index is 2.05. The number of carbonyl (C=O) groups excluding carboxylic acids is 1. The molecule has 1 aromatic rings. The topological polar surface area (TPSA) is 97.3 Å². The average molecular weight is 263 g/mol. The van der Waals surface area contributed by atoms with Gasteiger partial charge in [0.05, 0.1) is 17.4 Å². The molecule has 1 fully saturated rings. The van der Waals surface area contributed by atoms with Gasteiger partial charge in [-0.25, -0.2) is 4.98 Å². The molecule has 19 heavy (non-hydrogen) atoms. The van der Waals surface area contributed by atoms with Crippen molar-refractivity contribution in [3.05, 3.63) is 17.8 Å². The third-order valence-electron chi connectivity index (χ3n) is 3.58. The Morgan fingerprint density at radius 2 is 2.42 bits per heavy atom. The number of nitrogens with zero attached hydrogens (tertiary/aromatic N) is 2. The number of rotatable bonds is 5. The zero-order valence-electron chi connectivity index (χ0n) is 11.2. The Bertz CT molecular complexity index is 462. The van der Waals surface area contributed by atoms with E-state index in [0.29, 0.717) is 23.1 Å². The molecule has 6 nitrogen and oxygen atoms in total. The van der Waals surface area contributed by atoms with Crippen LogP contribution in [-0.4, -0.2) is 41.5 Å². The molecule has 1 amide bonds. The highest BCUT2D eigenvalue weighted by Crippen LogP contribution is 2.19. The van der Waals surface area contributed by atoms with E-state index in [4.69, 9.17) is 11.5 Å². The third-order valence-corrected chi connectivity index (χ3v) is 3.58. The van der Waals surface area contributed by atoms with Gasteiger partial charge in [0.1, 0.15) is 5.82 Å². The summed E-state index contributed by atoms with van der Waals surface area (Å²) in [6.45, 7) is 5.12. The molecule has 6 heteroatoms. The van der Waals surface area contributed by atoms with Gasteiger partial charge in [0.15, 0.2) is 0 Å². The second-order valence-electron chi connectivity index (χ2n) is 4.83. The number of nitrogens with one attached hydrogen (secondary N) is 1. The first kappa shape index (κ1) is 13.6. The molecule has 0 aromatic carbocycles. The summed E-state index contributed by atoms with van der Waals surface area (Å²) < 4.78 is 0. The maximum Gasteiger partial charge on any atom is 0.252 e. The van der Waals surface area contributed by atoms with Crippen LogP contribution in [0, 0.1) is 0 Å². The van der Waals surface area contributed by atoms with Gasteiger partial charge in [0.2, 0.25) is 0 Å². The Kier molecular flexibility index (Phi) is 4.21. The van der Waals surface area contributed by atoms with Crippen molar-refractivity contribution in [2.75, 3.05) is 30.7 Å². The highest BCUT2D eigenvalue weighted by molar-refractivity contribution is 5.98. The first-order valence-corrected chi connectivity index (χ1v) is 6.65. The highest BCUT2D eigenvalue weighted by atomic mass is 16.1. The van der Waals surface area contributed by atoms with E-state index in [2.05, 4.69) is 22.1 Å². The van der Waals surface area contributed by atoms with Gasteiger partial charge in [-0.15, -0.1) is 0 Å². The lowest BCUT2D eigenvalue weighted by molar-refractivity contribution is 0.100. The molecule has 1 aliphatic heterocycles. The molecule has 1 aliphatic rings. The van der Waals surface area contributed by atoms with Crippen molar-refractivity contribution in [2.45, 2.75) is 25.8 Å². The van der Waals surface area contributed by atoms with Crippen LogP contribution in [0.2, 0.25) is 0 Å². The number of likely N-dealkylation sites (tertiary alicyclic amines) is 1. The predicted molar refractivity (Wildman–Crippen MR) is 75.9 cm³/mol. The Labute approximate surface area is 113 Å². The van der Waals surface area contributed by atoms with Crippen LogP contribution >= 0.6 is 0 Å². The second-order valence-corrected chi connectivity index (χ2v) is 4.83. The summed E-state index contributed by atoms with van der Waals surface area (Å²) in [6, 6.07) is 2.05. The summed E-state index contributed by atoms with van der Waals surface area (Å²) >= 11 is 0. The summed E-state index contributed by atoms with van der Waals surface area (Å²) in [4.78, 5) is 17.9. The number of hydrogen-bond acceptors (Lipinski definition) is 5. The SMILES string of the molecule is CCN1CCCC1CNc1ncc(N)cc1C(N)=O. The Morgan fingerprint density at radius 1 is 1.63 bits per heavy atom. The molecule has 5 N–H and O–H groups in total. The smallest absolute Gasteiger partial charge is 0.252 e. The maximum absolute atomic E-state index is 11.4. The van der Waals surface area contributed by atoms with Crippen molar-refractivity contribution in [2.24, 2.45) is 5.73 Å². The van der Waals surface area contributed by atoms with Crippen LogP contribution in [0.1, 0.15) is 30.1 Å². The third kappa shape index (κ3) is 3.14. The van der Waals surface area contributed by atoms with Crippen molar-refractivity contribution in [1.82, 2.24) is 9.88 Å². The number of anilines is 2. The van der Waals surface area contributed by atoms with Crippen molar-refractivity contribution < 1.29 is 4.79 Å². The second kappa shape index (κ2) is 5.88. The first-order chi connectivity index (χ1) is 9.11. The lowest BCUT2D eigenvalue weighted by Gasteiger charge is -2.23. The fraction of sp³-hybridized carbons (Fsp3) is 0.538. The predicted octanol–water partition coefficient (Wildman–Crippen LogP) is 0.659. The van der Waals surface area contributed by atoms with Crippen molar-refractivity contribution in [3.8, 4) is 0 Å². The number of nitrogen functional groups attached to an aromatic ring is 1. The maximum atomic E-state index is 11.4. The van der Waals surface area contributed by atoms with Crippen LogP contribution in [-0.2, 0) is 0 Å². The monoisotopic (exact) mass is 263 g/mol. The quantitative estimate of drug-likeness (QED) is 0.725. The van der Waals surface area contributed by atoms with Crippen LogP contribution < -0.4 is 16.8 Å². The minimum Gasteiger partial charge on any atom is -0.397 e. The number of nitrogens with two attached hydrogens (primary N) is 2. The summed E-state index contributed by atoms with van der Waals surface area (Å²) in [6.07, 6.45) is 3.92. The minimum absolute atomic E-state index is 0.348. The molecule has 0 radical (unpaired) electrons. The standard InChI is InChI=1S/C13H21N5O/c1-2-18-5-3-4-10(18)8-17-13-11(12(15)19)6-9(14)7-16-13/h6-7,10H,2-5,8,14H2,1H3,(H2,15,19)(H,16,17). The molecule has 2 rings (SSSR count). The van der Waals surface area contributed by atoms with Gasteiger partial charge in [-0.2, -0.15) is 0 Å². The van der Waals surface area contributed by atoms with E-state index in [1.54, 1.807) is 6.07 Å². The van der Waals surface area contributed by atoms with E-state index in [1.807, 2.05) is 0 Å². The van der Waals surface area contributed by atoms with Crippen molar-refractivity contribution in [1.29, 1.82) is 0 Å². The summed E-state index contributed by atoms with van der Waals surface area (Å²) in [5.74, 6) is 0.00530. The van der Waals surface area contributed by atoms with Gasteiger partial charge in [-0.05, 0) is 32.0 Å². The van der Waals surface area contributed by atoms with E-state index in [9.17, 15) is 4.79 Å². The molecule has 1 saturated heterocycles. The van der Waals surface area contributed by atoms with Gasteiger partial charge in [0, 0.05) is 12.6 Å². The Hall–Kier alpha value is -1.82. The largest absolute Gasteiger partial charge is 0.397 e. The molecule has 2 heterocycles. The molecule has 104 valence electrons. The number of primary amides is 1. The molecule has 1 atom stereocenters. The van der Waals surface area contributed by atoms with Gasteiger partial charge in [-0.3, -0.25) is 9.69 Å². The van der Waals surface area contributed by atoms with E-state index < -0.39 is 5.91 Å². The van der Waals surface area contributed by atoms with Crippen LogP contribution in [0.4, 0.5) is 11.5 Å². The van der Waals surface area contributed by atoms with E-state index in [1.165, 1.54) is 19.0 Å². The van der Waals surface area contributed by atoms with Gasteiger partial charge in [-0.1, -0.05) is 6.92 Å². The number of pyridine rings is 1. The fourth-order valence-electron chi connectivity index (χ4n) is 2.57. The van der Waals surface area contributed by atoms with Crippen LogP contribution in [0.5, 0.6) is 0 Å². The number of amides is 1. The molecule has 0 spiro atoms. The van der Waals surface area contributed by atoms with Crippen LogP contribution in [0.25, 0.3) is 0 Å². The molecule has 0 bridgehead atoms. The highest BCUT2D eigenvalue weighted by Gasteiger charge is 2.23. The number of hydrogen-bond donors (Lipinski definition) is 3. The lowest BCUT2D eigenvalue weighted by Crippen LogP contribution is -2.35.